The summed E-state index contributed by atoms with van der Waals surface area (Å²) in [7, 11) is 0. The number of hydrogen-bond donors (Lipinski definition) is 0. The number of fused-ring (bicyclic) bond motifs is 1. The van der Waals surface area contributed by atoms with Crippen LogP contribution < -0.4 is 5.56 Å². The van der Waals surface area contributed by atoms with Crippen molar-refractivity contribution in [2.75, 3.05) is 6.26 Å². The number of nitrogens with zero attached hydrogens (tertiary/aromatic N) is 2. The van der Waals surface area contributed by atoms with Crippen LogP contribution in [0, 0.1) is 0 Å². The largest absolute Gasteiger partial charge is 0.279 e. The zero-order valence-electron chi connectivity index (χ0n) is 10.2. The Morgan fingerprint density at radius 3 is 2.74 bits per heavy atom. The van der Waals surface area contributed by atoms with Gasteiger partial charge in [-0.05, 0) is 30.5 Å². The molecule has 1 aromatic carbocycles. The van der Waals surface area contributed by atoms with Crippen LogP contribution in [0.3, 0.4) is 0 Å². The lowest BCUT2D eigenvalue weighted by Gasteiger charge is -2.02. The van der Waals surface area contributed by atoms with E-state index in [0.29, 0.717) is 10.4 Å². The van der Waals surface area contributed by atoms with E-state index in [0.717, 1.165) is 15.4 Å². The number of pyridine rings is 1. The number of aromatic nitrogens is 2. The minimum Gasteiger partial charge on any atom is -0.267 e. The van der Waals surface area contributed by atoms with Gasteiger partial charge in [0, 0.05) is 4.70 Å². The normalized spacial score (nSPS) is 10.8. The molecule has 0 fully saturated rings. The molecule has 0 saturated heterocycles. The molecule has 2 aromatic heterocycles. The number of benzene rings is 1. The Morgan fingerprint density at radius 1 is 1.05 bits per heavy atom. The van der Waals surface area contributed by atoms with Crippen molar-refractivity contribution in [3.8, 4) is 10.7 Å². The third-order valence-corrected chi connectivity index (χ3v) is 4.39. The van der Waals surface area contributed by atoms with Crippen LogP contribution in [0.25, 0.3) is 20.8 Å². The van der Waals surface area contributed by atoms with E-state index in [2.05, 4.69) is 9.97 Å². The predicted molar refractivity (Wildman–Crippen MR) is 80.9 cm³/mol. The third kappa shape index (κ3) is 2.39. The van der Waals surface area contributed by atoms with Gasteiger partial charge in [0.25, 0.3) is 5.56 Å². The third-order valence-electron chi connectivity index (χ3n) is 2.68. The number of rotatable bonds is 2. The zero-order chi connectivity index (χ0) is 13.2. The average Bonchev–Trinajstić information content (AvgIpc) is 2.47. The quantitative estimate of drug-likeness (QED) is 0.677. The van der Waals surface area contributed by atoms with Crippen LogP contribution in [0.2, 0.25) is 0 Å². The molecule has 0 unspecified atom stereocenters. The second kappa shape index (κ2) is 5.11. The maximum atomic E-state index is 12.0. The van der Waals surface area contributed by atoms with Crippen LogP contribution in [0.15, 0.2) is 52.3 Å². The summed E-state index contributed by atoms with van der Waals surface area (Å²) in [4.78, 5) is 20.6. The van der Waals surface area contributed by atoms with Crippen LogP contribution in [0.4, 0.5) is 0 Å². The van der Waals surface area contributed by atoms with Crippen molar-refractivity contribution < 1.29 is 0 Å². The molecule has 0 aliphatic rings. The van der Waals surface area contributed by atoms with Gasteiger partial charge in [-0.25, -0.2) is 4.98 Å². The average molecular weight is 286 g/mol. The van der Waals surface area contributed by atoms with E-state index < -0.39 is 0 Å². The Morgan fingerprint density at radius 2 is 1.89 bits per heavy atom. The van der Waals surface area contributed by atoms with Gasteiger partial charge in [0.2, 0.25) is 0 Å². The fourth-order valence-electron chi connectivity index (χ4n) is 1.77. The van der Waals surface area contributed by atoms with Crippen LogP contribution in [0.1, 0.15) is 0 Å². The van der Waals surface area contributed by atoms with E-state index in [1.54, 1.807) is 17.8 Å². The van der Waals surface area contributed by atoms with E-state index in [-0.39, 0.29) is 5.56 Å². The van der Waals surface area contributed by atoms with Crippen LogP contribution in [-0.2, 0) is 0 Å². The van der Waals surface area contributed by atoms with E-state index in [9.17, 15) is 4.79 Å². The molecule has 0 atom stereocenters. The van der Waals surface area contributed by atoms with Gasteiger partial charge in [-0.2, -0.15) is 4.98 Å². The van der Waals surface area contributed by atoms with Crippen LogP contribution in [0.5, 0.6) is 0 Å². The first-order valence-electron chi connectivity index (χ1n) is 5.69. The smallest absolute Gasteiger partial charge is 0.267 e. The van der Waals surface area contributed by atoms with Crippen molar-refractivity contribution >= 4 is 33.2 Å². The van der Waals surface area contributed by atoms with Crippen molar-refractivity contribution in [2.45, 2.75) is 5.03 Å². The van der Waals surface area contributed by atoms with Crippen molar-refractivity contribution in [2.24, 2.45) is 0 Å². The van der Waals surface area contributed by atoms with Gasteiger partial charge in [-0.3, -0.25) is 4.79 Å². The van der Waals surface area contributed by atoms with E-state index >= 15 is 0 Å². The lowest BCUT2D eigenvalue weighted by molar-refractivity contribution is 1.13. The highest BCUT2D eigenvalue weighted by molar-refractivity contribution is 7.98. The first-order chi connectivity index (χ1) is 9.28. The van der Waals surface area contributed by atoms with Gasteiger partial charge < -0.3 is 0 Å². The molecule has 3 rings (SSSR count). The van der Waals surface area contributed by atoms with E-state index in [1.807, 2.05) is 42.7 Å². The summed E-state index contributed by atoms with van der Waals surface area (Å²) in [6.45, 7) is 0. The van der Waals surface area contributed by atoms with Crippen molar-refractivity contribution in [1.29, 1.82) is 0 Å². The standard InChI is InChI=1S/C14H10N2OS2/c1-18-12-8-4-6-10(15-12)14-16-13(17)9-5-2-3-7-11(9)19-14/h2-8H,1H3. The summed E-state index contributed by atoms with van der Waals surface area (Å²) >= 11 is 3.06. The molecule has 0 radical (unpaired) electrons. The summed E-state index contributed by atoms with van der Waals surface area (Å²) in [6, 6.07) is 13.3. The SMILES string of the molecule is CSc1cccc(-c2nc(=O)c3ccccc3s2)n1. The molecule has 0 amide bonds. The van der Waals surface area contributed by atoms with Crippen LogP contribution in [-0.4, -0.2) is 16.2 Å². The fourth-order valence-corrected chi connectivity index (χ4v) is 3.14. The minimum atomic E-state index is -0.194. The molecule has 3 nitrogen and oxygen atoms in total. The monoisotopic (exact) mass is 286 g/mol. The molecule has 0 aliphatic heterocycles. The molecule has 2 heterocycles. The Bertz CT molecular complexity index is 799. The number of thioether (sulfide) groups is 1. The van der Waals surface area contributed by atoms with Crippen molar-refractivity contribution in [3.05, 3.63) is 52.8 Å². The zero-order valence-corrected chi connectivity index (χ0v) is 11.8. The second-order valence-electron chi connectivity index (χ2n) is 3.89. The first-order valence-corrected chi connectivity index (χ1v) is 7.73. The highest BCUT2D eigenvalue weighted by Crippen LogP contribution is 2.25. The van der Waals surface area contributed by atoms with Crippen molar-refractivity contribution in [1.82, 2.24) is 9.97 Å². The highest BCUT2D eigenvalue weighted by atomic mass is 32.2. The molecule has 0 bridgehead atoms. The Hall–Kier alpha value is -1.72. The summed E-state index contributed by atoms with van der Waals surface area (Å²) in [5.74, 6) is 0. The summed E-state index contributed by atoms with van der Waals surface area (Å²) in [6.07, 6.45) is 1.97. The molecular weight excluding hydrogens is 276 g/mol. The first kappa shape index (κ1) is 12.3. The predicted octanol–water partition coefficient (Wildman–Crippen LogP) is 3.44. The molecule has 0 saturated carbocycles. The summed E-state index contributed by atoms with van der Waals surface area (Å²) in [5, 5.41) is 2.25. The summed E-state index contributed by atoms with van der Waals surface area (Å²) < 4.78 is 0.939. The fraction of sp³-hybridized carbons (Fsp3) is 0.0714. The van der Waals surface area contributed by atoms with Gasteiger partial charge in [-0.1, -0.05) is 18.2 Å². The maximum absolute atomic E-state index is 12.0. The van der Waals surface area contributed by atoms with E-state index in [4.69, 9.17) is 0 Å². The molecule has 0 spiro atoms. The van der Waals surface area contributed by atoms with Gasteiger partial charge in [-0.15, -0.1) is 23.1 Å². The van der Waals surface area contributed by atoms with Gasteiger partial charge >= 0.3 is 0 Å². The molecule has 0 N–H and O–H groups in total. The lowest BCUT2D eigenvalue weighted by atomic mass is 10.3. The molecular formula is C14H10N2OS2. The number of hydrogen-bond acceptors (Lipinski definition) is 5. The Labute approximate surface area is 118 Å². The molecule has 3 aromatic rings. The molecule has 0 aliphatic carbocycles. The topological polar surface area (TPSA) is 42.9 Å². The minimum absolute atomic E-state index is 0.194. The second-order valence-corrected chi connectivity index (χ2v) is 5.74. The summed E-state index contributed by atoms with van der Waals surface area (Å²) in [5.41, 5.74) is 0.556. The van der Waals surface area contributed by atoms with E-state index in [1.165, 1.54) is 11.3 Å². The Kier molecular flexibility index (Phi) is 3.31. The van der Waals surface area contributed by atoms with Gasteiger partial charge in [0.05, 0.1) is 10.4 Å². The Balaban J connectivity index is 2.22. The van der Waals surface area contributed by atoms with Crippen molar-refractivity contribution in [3.63, 3.8) is 0 Å². The molecule has 94 valence electrons. The maximum Gasteiger partial charge on any atom is 0.279 e. The highest BCUT2D eigenvalue weighted by Gasteiger charge is 2.07. The van der Waals surface area contributed by atoms with Crippen LogP contribution >= 0.6 is 23.1 Å². The van der Waals surface area contributed by atoms with Gasteiger partial charge in [0.1, 0.15) is 10.7 Å². The lowest BCUT2D eigenvalue weighted by Crippen LogP contribution is -2.06. The molecule has 5 heteroatoms. The molecule has 19 heavy (non-hydrogen) atoms. The van der Waals surface area contributed by atoms with Gasteiger partial charge in [0.15, 0.2) is 0 Å².